The number of amides is 1. The van der Waals surface area contributed by atoms with Crippen molar-refractivity contribution in [3.63, 3.8) is 0 Å². The molecule has 0 radical (unpaired) electrons. The molecule has 8 heteroatoms. The van der Waals surface area contributed by atoms with Crippen LogP contribution in [0.4, 0.5) is 19.3 Å². The van der Waals surface area contributed by atoms with Gasteiger partial charge in [0.15, 0.2) is 5.67 Å². The topological polar surface area (TPSA) is 54.9 Å². The molecule has 1 aromatic heterocycles. The SMILES string of the molecule is CC(C)(C)OC(=O)N1CCN(c2cc(F)cnc2C2(F)CCOCC2)CC1. The third kappa shape index (κ3) is 4.66. The van der Waals surface area contributed by atoms with Gasteiger partial charge in [-0.1, -0.05) is 0 Å². The monoisotopic (exact) mass is 383 g/mol. The van der Waals surface area contributed by atoms with E-state index in [0.717, 1.165) is 6.20 Å². The molecule has 2 aliphatic rings. The summed E-state index contributed by atoms with van der Waals surface area (Å²) >= 11 is 0. The molecule has 0 atom stereocenters. The van der Waals surface area contributed by atoms with Crippen LogP contribution in [0.3, 0.4) is 0 Å². The van der Waals surface area contributed by atoms with Crippen molar-refractivity contribution in [2.45, 2.75) is 44.9 Å². The number of carbonyl (C=O) groups is 1. The number of ether oxygens (including phenoxy) is 2. The quantitative estimate of drug-likeness (QED) is 0.785. The van der Waals surface area contributed by atoms with E-state index in [1.54, 1.807) is 4.90 Å². The van der Waals surface area contributed by atoms with Crippen LogP contribution in [0.25, 0.3) is 0 Å². The van der Waals surface area contributed by atoms with Crippen LogP contribution in [0.5, 0.6) is 0 Å². The van der Waals surface area contributed by atoms with Gasteiger partial charge in [-0.05, 0) is 20.8 Å². The van der Waals surface area contributed by atoms with E-state index in [4.69, 9.17) is 9.47 Å². The first kappa shape index (κ1) is 19.8. The third-order valence-corrected chi connectivity index (χ3v) is 4.82. The Kier molecular flexibility index (Phi) is 5.55. The Morgan fingerprint density at radius 2 is 1.85 bits per heavy atom. The molecule has 0 bridgehead atoms. The fraction of sp³-hybridized carbons (Fsp3) is 0.684. The molecule has 0 aliphatic carbocycles. The smallest absolute Gasteiger partial charge is 0.410 e. The van der Waals surface area contributed by atoms with Gasteiger partial charge in [0.2, 0.25) is 0 Å². The van der Waals surface area contributed by atoms with Crippen molar-refractivity contribution in [2.24, 2.45) is 0 Å². The summed E-state index contributed by atoms with van der Waals surface area (Å²) in [6.45, 7) is 7.87. The first-order chi connectivity index (χ1) is 12.7. The number of anilines is 1. The Hall–Kier alpha value is -1.96. The highest BCUT2D eigenvalue weighted by atomic mass is 19.1. The Balaban J connectivity index is 1.74. The lowest BCUT2D eigenvalue weighted by atomic mass is 9.90. The number of rotatable bonds is 2. The van der Waals surface area contributed by atoms with Crippen molar-refractivity contribution in [3.8, 4) is 0 Å². The number of halogens is 2. The third-order valence-electron chi connectivity index (χ3n) is 4.82. The maximum absolute atomic E-state index is 15.5. The molecule has 3 rings (SSSR count). The second kappa shape index (κ2) is 7.58. The molecule has 0 N–H and O–H groups in total. The molecule has 1 aromatic rings. The summed E-state index contributed by atoms with van der Waals surface area (Å²) < 4.78 is 40.0. The molecule has 2 aliphatic heterocycles. The van der Waals surface area contributed by atoms with E-state index in [9.17, 15) is 9.18 Å². The van der Waals surface area contributed by atoms with Crippen LogP contribution in [0.1, 0.15) is 39.3 Å². The zero-order chi connectivity index (χ0) is 19.7. The van der Waals surface area contributed by atoms with Crippen molar-refractivity contribution >= 4 is 11.8 Å². The average molecular weight is 383 g/mol. The van der Waals surface area contributed by atoms with Gasteiger partial charge in [-0.25, -0.2) is 13.6 Å². The van der Waals surface area contributed by atoms with Gasteiger partial charge in [0.1, 0.15) is 17.1 Å². The number of aromatic nitrogens is 1. The molecule has 1 amide bonds. The minimum Gasteiger partial charge on any atom is -0.444 e. The highest BCUT2D eigenvalue weighted by Crippen LogP contribution is 2.40. The normalized spacial score (nSPS) is 20.5. The zero-order valence-corrected chi connectivity index (χ0v) is 16.1. The fourth-order valence-corrected chi connectivity index (χ4v) is 3.40. The van der Waals surface area contributed by atoms with E-state index in [-0.39, 0.29) is 24.6 Å². The summed E-state index contributed by atoms with van der Waals surface area (Å²) in [5.74, 6) is -0.501. The summed E-state index contributed by atoms with van der Waals surface area (Å²) in [5.41, 5.74) is -1.46. The molecule has 0 saturated carbocycles. The predicted molar refractivity (Wildman–Crippen MR) is 97.1 cm³/mol. The van der Waals surface area contributed by atoms with Crippen LogP contribution >= 0.6 is 0 Å². The van der Waals surface area contributed by atoms with Crippen LogP contribution in [-0.4, -0.2) is 61.0 Å². The van der Waals surface area contributed by atoms with Gasteiger partial charge >= 0.3 is 6.09 Å². The van der Waals surface area contributed by atoms with E-state index in [2.05, 4.69) is 4.98 Å². The maximum Gasteiger partial charge on any atom is 0.410 e. The standard InChI is InChI=1S/C19H27F2N3O3/c1-18(2,3)27-17(25)24-8-6-23(7-9-24)15-12-14(20)13-22-16(15)19(21)4-10-26-11-5-19/h12-13H,4-11H2,1-3H3. The second-order valence-corrected chi connectivity index (χ2v) is 8.05. The van der Waals surface area contributed by atoms with E-state index in [0.29, 0.717) is 45.1 Å². The van der Waals surface area contributed by atoms with E-state index < -0.39 is 17.1 Å². The number of hydrogen-bond acceptors (Lipinski definition) is 5. The largest absolute Gasteiger partial charge is 0.444 e. The summed E-state index contributed by atoms with van der Waals surface area (Å²) in [6, 6.07) is 1.34. The number of piperazine rings is 1. The van der Waals surface area contributed by atoms with Crippen LogP contribution < -0.4 is 4.90 Å². The first-order valence-corrected chi connectivity index (χ1v) is 9.33. The highest BCUT2D eigenvalue weighted by molar-refractivity contribution is 5.68. The Morgan fingerprint density at radius 1 is 1.22 bits per heavy atom. The number of nitrogens with zero attached hydrogens (tertiary/aromatic N) is 3. The molecule has 3 heterocycles. The molecule has 0 spiro atoms. The van der Waals surface area contributed by atoms with Gasteiger partial charge in [0, 0.05) is 45.1 Å². The summed E-state index contributed by atoms with van der Waals surface area (Å²) in [7, 11) is 0. The Labute approximate surface area is 158 Å². The van der Waals surface area contributed by atoms with Crippen LogP contribution in [0.15, 0.2) is 12.3 Å². The molecule has 2 saturated heterocycles. The van der Waals surface area contributed by atoms with Gasteiger partial charge in [0.05, 0.1) is 25.1 Å². The minimum atomic E-state index is -1.62. The summed E-state index contributed by atoms with van der Waals surface area (Å²) in [6.07, 6.45) is 1.10. The average Bonchev–Trinajstić information content (AvgIpc) is 2.61. The zero-order valence-electron chi connectivity index (χ0n) is 16.1. The van der Waals surface area contributed by atoms with Crippen molar-refractivity contribution in [3.05, 3.63) is 23.8 Å². The molecule has 150 valence electrons. The molecule has 6 nitrogen and oxygen atoms in total. The van der Waals surface area contributed by atoms with Crippen molar-refractivity contribution in [2.75, 3.05) is 44.3 Å². The van der Waals surface area contributed by atoms with Crippen molar-refractivity contribution < 1.29 is 23.0 Å². The Morgan fingerprint density at radius 3 is 2.44 bits per heavy atom. The number of hydrogen-bond donors (Lipinski definition) is 0. The van der Waals surface area contributed by atoms with E-state index in [1.807, 2.05) is 25.7 Å². The molecule has 0 aromatic carbocycles. The van der Waals surface area contributed by atoms with Gasteiger partial charge in [-0.15, -0.1) is 0 Å². The lowest BCUT2D eigenvalue weighted by Crippen LogP contribution is -2.50. The van der Waals surface area contributed by atoms with Crippen LogP contribution in [0, 0.1) is 5.82 Å². The van der Waals surface area contributed by atoms with Crippen LogP contribution in [0.2, 0.25) is 0 Å². The molecular weight excluding hydrogens is 356 g/mol. The van der Waals surface area contributed by atoms with Crippen molar-refractivity contribution in [1.82, 2.24) is 9.88 Å². The minimum absolute atomic E-state index is 0.205. The highest BCUT2D eigenvalue weighted by Gasteiger charge is 2.39. The van der Waals surface area contributed by atoms with Gasteiger partial charge in [-0.2, -0.15) is 0 Å². The first-order valence-electron chi connectivity index (χ1n) is 9.33. The van der Waals surface area contributed by atoms with Crippen molar-refractivity contribution in [1.29, 1.82) is 0 Å². The fourth-order valence-electron chi connectivity index (χ4n) is 3.40. The maximum atomic E-state index is 15.5. The lowest BCUT2D eigenvalue weighted by Gasteiger charge is -2.39. The molecule has 27 heavy (non-hydrogen) atoms. The number of alkyl halides is 1. The van der Waals surface area contributed by atoms with Gasteiger partial charge in [0.25, 0.3) is 0 Å². The van der Waals surface area contributed by atoms with Gasteiger partial charge in [-0.3, -0.25) is 4.98 Å². The van der Waals surface area contributed by atoms with Gasteiger partial charge < -0.3 is 19.3 Å². The molecule has 0 unspecified atom stereocenters. The molecule has 2 fully saturated rings. The molecular formula is C19H27F2N3O3. The van der Waals surface area contributed by atoms with E-state index >= 15 is 4.39 Å². The summed E-state index contributed by atoms with van der Waals surface area (Å²) in [4.78, 5) is 19.8. The number of carbonyl (C=O) groups excluding carboxylic acids is 1. The Bertz CT molecular complexity index is 679. The lowest BCUT2D eigenvalue weighted by molar-refractivity contribution is -0.0137. The summed E-state index contributed by atoms with van der Waals surface area (Å²) in [5, 5.41) is 0. The number of pyridine rings is 1. The van der Waals surface area contributed by atoms with E-state index in [1.165, 1.54) is 6.07 Å². The van der Waals surface area contributed by atoms with Crippen LogP contribution in [-0.2, 0) is 15.1 Å². The second-order valence-electron chi connectivity index (χ2n) is 8.05. The predicted octanol–water partition coefficient (Wildman–Crippen LogP) is 3.25.